The number of alkyl halides is 5. The molecule has 9 atom stereocenters. The van der Waals surface area contributed by atoms with Gasteiger partial charge in [0.1, 0.15) is 6.61 Å². The average molecular weight is 440 g/mol. The third-order valence-electron chi connectivity index (χ3n) is 8.65. The molecule has 4 bridgehead atoms. The lowest BCUT2D eigenvalue weighted by Gasteiger charge is -2.48. The fourth-order valence-electron chi connectivity index (χ4n) is 7.33. The Labute approximate surface area is 170 Å². The maximum Gasteiger partial charge on any atom is 0.449 e. The summed E-state index contributed by atoms with van der Waals surface area (Å²) < 4.78 is 82.3. The van der Waals surface area contributed by atoms with Gasteiger partial charge in [0, 0.05) is 0 Å². The molecule has 170 valence electrons. The van der Waals surface area contributed by atoms with Gasteiger partial charge in [0.05, 0.1) is 5.92 Å². The number of fused-ring (bicyclic) bond motifs is 9. The van der Waals surface area contributed by atoms with E-state index in [-0.39, 0.29) is 5.92 Å². The first-order valence-corrected chi connectivity index (χ1v) is 10.5. The highest BCUT2D eigenvalue weighted by atomic mass is 19.4. The maximum absolute atomic E-state index is 14.6. The van der Waals surface area contributed by atoms with Gasteiger partial charge in [0.15, 0.2) is 12.4 Å². The Balaban J connectivity index is 1.28. The van der Waals surface area contributed by atoms with Crippen molar-refractivity contribution >= 4 is 5.97 Å². The van der Waals surface area contributed by atoms with Crippen LogP contribution >= 0.6 is 0 Å². The second-order valence-corrected chi connectivity index (χ2v) is 9.95. The van der Waals surface area contributed by atoms with E-state index in [2.05, 4.69) is 4.74 Å². The van der Waals surface area contributed by atoms with E-state index in [1.165, 1.54) is 19.3 Å². The van der Waals surface area contributed by atoms with Gasteiger partial charge in [0.25, 0.3) is 0 Å². The first kappa shape index (κ1) is 20.9. The van der Waals surface area contributed by atoms with Gasteiger partial charge < -0.3 is 19.3 Å². The number of aliphatic hydroxyl groups is 1. The normalized spacial score (nSPS) is 51.2. The zero-order chi connectivity index (χ0) is 21.7. The minimum absolute atomic E-state index is 0.166. The molecule has 5 nitrogen and oxygen atoms in total. The maximum atomic E-state index is 14.6. The zero-order valence-electron chi connectivity index (χ0n) is 16.5. The number of rotatable bonds is 3. The van der Waals surface area contributed by atoms with Crippen molar-refractivity contribution in [3.05, 3.63) is 0 Å². The molecule has 0 aromatic rings. The number of carbonyl (C=O) groups is 1. The van der Waals surface area contributed by atoms with Crippen molar-refractivity contribution in [3.8, 4) is 0 Å². The van der Waals surface area contributed by atoms with Gasteiger partial charge in [0.2, 0.25) is 0 Å². The molecular formula is C20H25F5O5. The van der Waals surface area contributed by atoms with Gasteiger partial charge in [-0.15, -0.1) is 0 Å². The topological polar surface area (TPSA) is 65.0 Å². The molecule has 1 heterocycles. The minimum atomic E-state index is -5.76. The van der Waals surface area contributed by atoms with Crippen LogP contribution < -0.4 is 0 Å². The van der Waals surface area contributed by atoms with Crippen molar-refractivity contribution in [2.75, 3.05) is 13.4 Å². The Morgan fingerprint density at radius 1 is 1.07 bits per heavy atom. The smallest absolute Gasteiger partial charge is 0.449 e. The molecular weight excluding hydrogens is 415 g/mol. The molecule has 5 fully saturated rings. The first-order valence-electron chi connectivity index (χ1n) is 10.5. The lowest BCUT2D eigenvalue weighted by molar-refractivity contribution is -0.501. The van der Waals surface area contributed by atoms with Crippen LogP contribution in [-0.2, 0) is 19.0 Å². The molecule has 0 aromatic carbocycles. The summed E-state index contributed by atoms with van der Waals surface area (Å²) in [6.45, 7) is -1.62. The summed E-state index contributed by atoms with van der Waals surface area (Å²) >= 11 is 0. The summed E-state index contributed by atoms with van der Waals surface area (Å²) in [5.74, 6) is -7.58. The van der Waals surface area contributed by atoms with E-state index in [1.807, 2.05) is 0 Å². The first-order chi connectivity index (χ1) is 13.9. The summed E-state index contributed by atoms with van der Waals surface area (Å²) in [5.41, 5.74) is -2.88. The number of hydrogen-bond donors (Lipinski definition) is 1. The number of ether oxygens (including phenoxy) is 3. The van der Waals surface area contributed by atoms with E-state index in [0.29, 0.717) is 37.0 Å². The van der Waals surface area contributed by atoms with E-state index in [9.17, 15) is 31.9 Å². The highest BCUT2D eigenvalue weighted by Crippen LogP contribution is 2.69. The Kier molecular flexibility index (Phi) is 4.37. The number of hydrogen-bond acceptors (Lipinski definition) is 5. The van der Waals surface area contributed by atoms with Crippen LogP contribution in [0.2, 0.25) is 0 Å². The van der Waals surface area contributed by atoms with Gasteiger partial charge in [-0.1, -0.05) is 0 Å². The van der Waals surface area contributed by atoms with Crippen molar-refractivity contribution in [1.29, 1.82) is 0 Å². The molecule has 5 rings (SSSR count). The van der Waals surface area contributed by atoms with Crippen LogP contribution in [0.4, 0.5) is 22.0 Å². The summed E-state index contributed by atoms with van der Waals surface area (Å²) in [7, 11) is 0. The fraction of sp³-hybridized carbons (Fsp3) is 0.950. The van der Waals surface area contributed by atoms with Crippen LogP contribution in [0.15, 0.2) is 0 Å². The molecule has 4 aliphatic carbocycles. The van der Waals surface area contributed by atoms with Crippen LogP contribution in [0.1, 0.15) is 39.0 Å². The van der Waals surface area contributed by atoms with Crippen LogP contribution in [-0.4, -0.2) is 48.0 Å². The summed E-state index contributed by atoms with van der Waals surface area (Å²) in [6.07, 6.45) is -0.541. The van der Waals surface area contributed by atoms with E-state index in [1.54, 1.807) is 0 Å². The molecule has 0 radical (unpaired) electrons. The molecule has 9 unspecified atom stereocenters. The van der Waals surface area contributed by atoms with Crippen molar-refractivity contribution < 1.29 is 46.1 Å². The quantitative estimate of drug-likeness (QED) is 0.414. The van der Waals surface area contributed by atoms with Gasteiger partial charge in [-0.05, 0) is 74.5 Å². The lowest BCUT2D eigenvalue weighted by Crippen LogP contribution is -2.74. The number of esters is 1. The third-order valence-corrected chi connectivity index (χ3v) is 8.65. The number of carbonyl (C=O) groups excluding carboxylic acids is 1. The second kappa shape index (κ2) is 6.28. The molecule has 5 aliphatic rings. The predicted molar refractivity (Wildman–Crippen MR) is 89.9 cm³/mol. The van der Waals surface area contributed by atoms with E-state index in [0.717, 1.165) is 12.3 Å². The summed E-state index contributed by atoms with van der Waals surface area (Å²) in [6, 6.07) is 0. The molecule has 1 N–H and O–H groups in total. The highest BCUT2D eigenvalue weighted by Gasteiger charge is 2.79. The fourth-order valence-corrected chi connectivity index (χ4v) is 7.33. The van der Waals surface area contributed by atoms with E-state index >= 15 is 0 Å². The SMILES string of the molecule is CC1(COC(=O)C2CC3CC2C2C4CCC(C4)C32)OCOC(O)(C(F)(F)F)C1(F)F. The Morgan fingerprint density at radius 2 is 1.73 bits per heavy atom. The minimum Gasteiger partial charge on any atom is -0.462 e. The molecule has 0 spiro atoms. The van der Waals surface area contributed by atoms with Crippen LogP contribution in [0.25, 0.3) is 0 Å². The van der Waals surface area contributed by atoms with Gasteiger partial charge in [-0.25, -0.2) is 0 Å². The average Bonchev–Trinajstić information content (AvgIpc) is 3.42. The number of halogens is 5. The standard InChI is InChI=1S/C20H25F5O5/c1-17(18(21,22)19(27,20(23,24)25)30-8-29-17)7-28-16(26)13-6-11-5-12(13)15-10-3-2-9(4-10)14(11)15/h9-15,27H,2-8H2,1H3. The Bertz CT molecular complexity index is 744. The van der Waals surface area contributed by atoms with Crippen molar-refractivity contribution in [1.82, 2.24) is 0 Å². The molecule has 4 saturated carbocycles. The lowest BCUT2D eigenvalue weighted by atomic mass is 9.67. The monoisotopic (exact) mass is 440 g/mol. The van der Waals surface area contributed by atoms with Gasteiger partial charge in [-0.3, -0.25) is 4.79 Å². The molecule has 1 saturated heterocycles. The van der Waals surface area contributed by atoms with Gasteiger partial charge in [-0.2, -0.15) is 22.0 Å². The molecule has 0 aromatic heterocycles. The molecule has 10 heteroatoms. The van der Waals surface area contributed by atoms with E-state index in [4.69, 9.17) is 9.47 Å². The predicted octanol–water partition coefficient (Wildman–Crippen LogP) is 3.50. The highest BCUT2D eigenvalue weighted by molar-refractivity contribution is 5.73. The molecule has 0 amide bonds. The zero-order valence-corrected chi connectivity index (χ0v) is 16.5. The summed E-state index contributed by atoms with van der Waals surface area (Å²) in [4.78, 5) is 12.7. The van der Waals surface area contributed by atoms with Crippen LogP contribution in [0.5, 0.6) is 0 Å². The van der Waals surface area contributed by atoms with E-state index < -0.39 is 48.8 Å². The largest absolute Gasteiger partial charge is 0.462 e. The summed E-state index contributed by atoms with van der Waals surface area (Å²) in [5, 5.41) is 9.58. The van der Waals surface area contributed by atoms with Crippen LogP contribution in [0.3, 0.4) is 0 Å². The Hall–Kier alpha value is -1.00. The van der Waals surface area contributed by atoms with Gasteiger partial charge >= 0.3 is 23.9 Å². The van der Waals surface area contributed by atoms with Crippen molar-refractivity contribution in [3.63, 3.8) is 0 Å². The van der Waals surface area contributed by atoms with Crippen LogP contribution in [0, 0.1) is 41.4 Å². The van der Waals surface area contributed by atoms with Crippen molar-refractivity contribution in [2.24, 2.45) is 41.4 Å². The Morgan fingerprint density at radius 3 is 2.40 bits per heavy atom. The molecule has 30 heavy (non-hydrogen) atoms. The van der Waals surface area contributed by atoms with Crippen molar-refractivity contribution in [2.45, 2.75) is 62.5 Å². The molecule has 1 aliphatic heterocycles. The third kappa shape index (κ3) is 2.53. The second-order valence-electron chi connectivity index (χ2n) is 9.95.